The molecule has 0 spiro atoms. The Balaban J connectivity index is 1.92. The molecule has 36 heavy (non-hydrogen) atoms. The topological polar surface area (TPSA) is 49.6 Å². The van der Waals surface area contributed by atoms with Gasteiger partial charge in [0, 0.05) is 49.4 Å². The number of fused-ring (bicyclic) bond motifs is 1. The molecule has 0 N–H and O–H groups in total. The number of hydrogen-bond donors (Lipinski definition) is 0. The SMILES string of the molecule is C=CCC[N+]1=C(/C=C/C=C/N(C(C)=O)c2ccccc2)C(C)(CCCC(=O)OCC)c2ccccc21. The molecule has 1 atom stereocenters. The lowest BCUT2D eigenvalue weighted by atomic mass is 9.75. The van der Waals surface area contributed by atoms with Crippen molar-refractivity contribution in [1.29, 1.82) is 0 Å². The molecule has 2 aromatic rings. The molecule has 0 fully saturated rings. The summed E-state index contributed by atoms with van der Waals surface area (Å²) in [6.07, 6.45) is 12.6. The number of carbonyl (C=O) groups is 2. The number of rotatable bonds is 12. The summed E-state index contributed by atoms with van der Waals surface area (Å²) in [4.78, 5) is 25.9. The molecular formula is C31H37N2O3+. The Hall–Kier alpha value is -3.73. The van der Waals surface area contributed by atoms with Crippen molar-refractivity contribution >= 4 is 29.0 Å². The molecule has 3 rings (SSSR count). The molecule has 1 unspecified atom stereocenters. The van der Waals surface area contributed by atoms with Crippen molar-refractivity contribution in [2.75, 3.05) is 18.1 Å². The van der Waals surface area contributed by atoms with Gasteiger partial charge in [-0.1, -0.05) is 48.6 Å². The second-order valence-electron chi connectivity index (χ2n) is 9.05. The normalized spacial score (nSPS) is 17.0. The Bertz CT molecular complexity index is 1160. The van der Waals surface area contributed by atoms with Gasteiger partial charge in [0.1, 0.15) is 0 Å². The Morgan fingerprint density at radius 3 is 2.50 bits per heavy atom. The smallest absolute Gasteiger partial charge is 0.305 e. The molecule has 1 heterocycles. The van der Waals surface area contributed by atoms with Crippen LogP contribution in [0.3, 0.4) is 0 Å². The molecule has 2 aromatic carbocycles. The zero-order chi connectivity index (χ0) is 26.0. The third kappa shape index (κ3) is 6.28. The van der Waals surface area contributed by atoms with Gasteiger partial charge in [-0.15, -0.1) is 6.58 Å². The summed E-state index contributed by atoms with van der Waals surface area (Å²) in [5.74, 6) is -0.204. The summed E-state index contributed by atoms with van der Waals surface area (Å²) in [5, 5.41) is 0. The average molecular weight is 486 g/mol. The monoisotopic (exact) mass is 485 g/mol. The van der Waals surface area contributed by atoms with Crippen molar-refractivity contribution in [2.45, 2.75) is 51.9 Å². The van der Waals surface area contributed by atoms with E-state index in [0.717, 1.165) is 31.5 Å². The number of allylic oxidation sites excluding steroid dienone is 3. The fraction of sp³-hybridized carbons (Fsp3) is 0.323. The Morgan fingerprint density at radius 1 is 1.08 bits per heavy atom. The molecule has 1 aliphatic heterocycles. The van der Waals surface area contributed by atoms with Crippen molar-refractivity contribution in [1.82, 2.24) is 0 Å². The minimum absolute atomic E-state index is 0.0526. The van der Waals surface area contributed by atoms with E-state index in [-0.39, 0.29) is 17.3 Å². The number of amides is 1. The zero-order valence-electron chi connectivity index (χ0n) is 21.7. The van der Waals surface area contributed by atoms with Crippen molar-refractivity contribution in [3.8, 4) is 0 Å². The first-order chi connectivity index (χ1) is 17.4. The van der Waals surface area contributed by atoms with Crippen LogP contribution >= 0.6 is 0 Å². The standard InChI is InChI=1S/C31H37N2O3/c1-5-7-23-33-28-19-12-11-18-27(28)31(4,22-15-21-30(35)36-6-2)29(33)20-13-14-24-32(25(3)34)26-16-9-8-10-17-26/h5,8-14,16-20,24H,1,6-7,15,21-23H2,2-4H3/q+1. The van der Waals surface area contributed by atoms with Crippen LogP contribution in [0.2, 0.25) is 0 Å². The van der Waals surface area contributed by atoms with Crippen LogP contribution in [0.5, 0.6) is 0 Å². The highest BCUT2D eigenvalue weighted by Crippen LogP contribution is 2.43. The van der Waals surface area contributed by atoms with Crippen molar-refractivity contribution in [3.63, 3.8) is 0 Å². The second kappa shape index (κ2) is 12.8. The molecule has 0 radical (unpaired) electrons. The Morgan fingerprint density at radius 2 is 1.81 bits per heavy atom. The van der Waals surface area contributed by atoms with E-state index in [1.807, 2.05) is 55.5 Å². The molecule has 0 aromatic heterocycles. The van der Waals surface area contributed by atoms with Gasteiger partial charge >= 0.3 is 5.97 Å². The first kappa shape index (κ1) is 26.9. The van der Waals surface area contributed by atoms with E-state index in [1.165, 1.54) is 17.0 Å². The number of nitrogens with zero attached hydrogens (tertiary/aromatic N) is 2. The van der Waals surface area contributed by atoms with E-state index in [9.17, 15) is 9.59 Å². The molecule has 5 heteroatoms. The molecule has 1 aliphatic rings. The van der Waals surface area contributed by atoms with Crippen LogP contribution in [0.1, 0.15) is 52.0 Å². The van der Waals surface area contributed by atoms with Crippen LogP contribution in [0.25, 0.3) is 0 Å². The van der Waals surface area contributed by atoms with E-state index in [1.54, 1.807) is 18.0 Å². The minimum Gasteiger partial charge on any atom is -0.466 e. The maximum atomic E-state index is 12.2. The molecule has 0 bridgehead atoms. The average Bonchev–Trinajstić information content (AvgIpc) is 3.10. The number of ether oxygens (including phenoxy) is 1. The lowest BCUT2D eigenvalue weighted by Crippen LogP contribution is -2.31. The summed E-state index contributed by atoms with van der Waals surface area (Å²) < 4.78 is 7.50. The van der Waals surface area contributed by atoms with Gasteiger partial charge in [0.25, 0.3) is 0 Å². The summed E-state index contributed by atoms with van der Waals surface area (Å²) >= 11 is 0. The summed E-state index contributed by atoms with van der Waals surface area (Å²) in [7, 11) is 0. The van der Waals surface area contributed by atoms with E-state index in [0.29, 0.717) is 13.0 Å². The molecule has 0 saturated carbocycles. The van der Waals surface area contributed by atoms with Gasteiger partial charge in [-0.25, -0.2) is 0 Å². The number of benzene rings is 2. The van der Waals surface area contributed by atoms with Crippen LogP contribution in [0.4, 0.5) is 11.4 Å². The predicted octanol–water partition coefficient (Wildman–Crippen LogP) is 6.48. The number of para-hydroxylation sites is 2. The maximum Gasteiger partial charge on any atom is 0.305 e. The van der Waals surface area contributed by atoms with Gasteiger partial charge in [0.2, 0.25) is 11.6 Å². The summed E-state index contributed by atoms with van der Waals surface area (Å²) in [6, 6.07) is 18.1. The fourth-order valence-electron chi connectivity index (χ4n) is 4.80. The van der Waals surface area contributed by atoms with Gasteiger partial charge in [-0.05, 0) is 44.9 Å². The first-order valence-corrected chi connectivity index (χ1v) is 12.6. The molecular weight excluding hydrogens is 448 g/mol. The Labute approximate surface area is 215 Å². The highest BCUT2D eigenvalue weighted by Gasteiger charge is 2.46. The van der Waals surface area contributed by atoms with Crippen molar-refractivity contribution < 1.29 is 18.9 Å². The molecule has 5 nitrogen and oxygen atoms in total. The number of anilines is 1. The minimum atomic E-state index is -0.256. The van der Waals surface area contributed by atoms with Crippen LogP contribution in [-0.4, -0.2) is 35.3 Å². The van der Waals surface area contributed by atoms with E-state index in [2.05, 4.69) is 48.4 Å². The highest BCUT2D eigenvalue weighted by molar-refractivity contribution is 6.03. The van der Waals surface area contributed by atoms with Gasteiger partial charge in [-0.3, -0.25) is 14.5 Å². The Kier molecular flexibility index (Phi) is 9.57. The van der Waals surface area contributed by atoms with E-state index < -0.39 is 0 Å². The van der Waals surface area contributed by atoms with Gasteiger partial charge in [0.15, 0.2) is 12.3 Å². The van der Waals surface area contributed by atoms with Crippen LogP contribution in [0.15, 0.2) is 91.7 Å². The third-order valence-electron chi connectivity index (χ3n) is 6.54. The van der Waals surface area contributed by atoms with Crippen LogP contribution in [-0.2, 0) is 19.7 Å². The second-order valence-corrected chi connectivity index (χ2v) is 9.05. The predicted molar refractivity (Wildman–Crippen MR) is 147 cm³/mol. The van der Waals surface area contributed by atoms with E-state index >= 15 is 0 Å². The summed E-state index contributed by atoms with van der Waals surface area (Å²) in [6.45, 7) is 10.8. The molecule has 188 valence electrons. The van der Waals surface area contributed by atoms with Gasteiger partial charge in [-0.2, -0.15) is 4.58 Å². The highest BCUT2D eigenvalue weighted by atomic mass is 16.5. The largest absolute Gasteiger partial charge is 0.466 e. The van der Waals surface area contributed by atoms with Crippen LogP contribution in [0, 0.1) is 0 Å². The lowest BCUT2D eigenvalue weighted by Gasteiger charge is -2.22. The van der Waals surface area contributed by atoms with Crippen molar-refractivity contribution in [2.24, 2.45) is 0 Å². The molecule has 1 amide bonds. The van der Waals surface area contributed by atoms with Crippen molar-refractivity contribution in [3.05, 3.63) is 97.2 Å². The lowest BCUT2D eigenvalue weighted by molar-refractivity contribution is -0.436. The van der Waals surface area contributed by atoms with E-state index in [4.69, 9.17) is 4.74 Å². The quantitative estimate of drug-likeness (QED) is 0.150. The molecule has 0 saturated heterocycles. The van der Waals surface area contributed by atoms with Crippen LogP contribution < -0.4 is 4.90 Å². The first-order valence-electron chi connectivity index (χ1n) is 12.6. The zero-order valence-corrected chi connectivity index (χ0v) is 21.7. The molecule has 0 aliphatic carbocycles. The number of esters is 1. The van der Waals surface area contributed by atoms with Gasteiger partial charge in [0.05, 0.1) is 12.0 Å². The fourth-order valence-corrected chi connectivity index (χ4v) is 4.80. The number of carbonyl (C=O) groups excluding carboxylic acids is 2. The number of hydrogen-bond acceptors (Lipinski definition) is 3. The van der Waals surface area contributed by atoms with Gasteiger partial charge < -0.3 is 4.74 Å². The third-order valence-corrected chi connectivity index (χ3v) is 6.54. The maximum absolute atomic E-state index is 12.2. The summed E-state index contributed by atoms with van der Waals surface area (Å²) in [5.41, 5.74) is 4.20.